The molecule has 0 spiro atoms. The summed E-state index contributed by atoms with van der Waals surface area (Å²) in [4.78, 5) is 19.3. The third kappa shape index (κ3) is 4.59. The summed E-state index contributed by atoms with van der Waals surface area (Å²) in [6, 6.07) is 5.84. The molecule has 2 N–H and O–H groups in total. The summed E-state index contributed by atoms with van der Waals surface area (Å²) >= 11 is 1.53. The first-order chi connectivity index (χ1) is 13.0. The Balaban J connectivity index is 1.68. The van der Waals surface area contributed by atoms with Gasteiger partial charge >= 0.3 is 0 Å². The van der Waals surface area contributed by atoms with Crippen LogP contribution in [0, 0.1) is 5.92 Å². The molecule has 7 heteroatoms. The third-order valence-electron chi connectivity index (χ3n) is 5.07. The maximum absolute atomic E-state index is 12.7. The van der Waals surface area contributed by atoms with Crippen LogP contribution in [-0.2, 0) is 11.2 Å². The smallest absolute Gasteiger partial charge is 0.228 e. The zero-order chi connectivity index (χ0) is 19.4. The van der Waals surface area contributed by atoms with Crippen molar-refractivity contribution in [1.29, 1.82) is 0 Å². The number of ether oxygens (including phenoxy) is 2. The monoisotopic (exact) mass is 389 g/mol. The van der Waals surface area contributed by atoms with Gasteiger partial charge in [0.2, 0.25) is 5.91 Å². The highest BCUT2D eigenvalue weighted by Gasteiger charge is 2.26. The molecule has 1 saturated heterocycles. The number of carbonyl (C=O) groups is 1. The van der Waals surface area contributed by atoms with Crippen molar-refractivity contribution in [1.82, 2.24) is 9.88 Å². The van der Waals surface area contributed by atoms with E-state index >= 15 is 0 Å². The maximum Gasteiger partial charge on any atom is 0.228 e. The second kappa shape index (κ2) is 8.71. The molecule has 1 fully saturated rings. The first kappa shape index (κ1) is 19.6. The van der Waals surface area contributed by atoms with E-state index in [1.54, 1.807) is 14.2 Å². The second-order valence-corrected chi connectivity index (χ2v) is 7.85. The predicted octanol–water partition coefficient (Wildman–Crippen LogP) is 2.96. The van der Waals surface area contributed by atoms with E-state index in [0.717, 1.165) is 42.2 Å². The summed E-state index contributed by atoms with van der Waals surface area (Å²) in [5, 5.41) is 2.82. The molecule has 2 heterocycles. The van der Waals surface area contributed by atoms with E-state index in [9.17, 15) is 4.79 Å². The van der Waals surface area contributed by atoms with Crippen LogP contribution in [0.1, 0.15) is 25.5 Å². The van der Waals surface area contributed by atoms with E-state index in [1.807, 2.05) is 35.4 Å². The summed E-state index contributed by atoms with van der Waals surface area (Å²) in [7, 11) is 3.23. The highest BCUT2D eigenvalue weighted by atomic mass is 32.1. The Hall–Kier alpha value is -2.12. The fourth-order valence-electron chi connectivity index (χ4n) is 3.42. The molecule has 0 bridgehead atoms. The van der Waals surface area contributed by atoms with E-state index < -0.39 is 0 Å². The molecule has 146 valence electrons. The molecule has 2 unspecified atom stereocenters. The Morgan fingerprint density at radius 2 is 2.15 bits per heavy atom. The van der Waals surface area contributed by atoms with Gasteiger partial charge in [-0.05, 0) is 43.9 Å². The first-order valence-electron chi connectivity index (χ1n) is 9.22. The number of rotatable bonds is 6. The highest BCUT2D eigenvalue weighted by molar-refractivity contribution is 7.13. The number of methoxy groups -OCH3 is 2. The Bertz CT molecular complexity index is 791. The number of carbonyl (C=O) groups excluding carboxylic acids is 1. The van der Waals surface area contributed by atoms with Gasteiger partial charge < -0.3 is 20.1 Å². The quantitative estimate of drug-likeness (QED) is 0.822. The number of hydrogen-bond donors (Lipinski definition) is 1. The summed E-state index contributed by atoms with van der Waals surface area (Å²) in [5.74, 6) is 1.87. The van der Waals surface area contributed by atoms with Crippen molar-refractivity contribution in [2.45, 2.75) is 32.2 Å². The van der Waals surface area contributed by atoms with Gasteiger partial charge in [0, 0.05) is 30.1 Å². The lowest BCUT2D eigenvalue weighted by molar-refractivity contribution is -0.132. The van der Waals surface area contributed by atoms with Gasteiger partial charge in [-0.1, -0.05) is 0 Å². The molecule has 1 aliphatic heterocycles. The zero-order valence-electron chi connectivity index (χ0n) is 16.1. The van der Waals surface area contributed by atoms with Crippen LogP contribution in [0.5, 0.6) is 11.5 Å². The van der Waals surface area contributed by atoms with Crippen molar-refractivity contribution in [3.05, 3.63) is 29.3 Å². The Labute approximate surface area is 164 Å². The molecule has 1 aromatic heterocycles. The van der Waals surface area contributed by atoms with Crippen molar-refractivity contribution in [3.8, 4) is 22.1 Å². The fraction of sp³-hybridized carbons (Fsp3) is 0.500. The number of nitrogens with zero attached hydrogens (tertiary/aromatic N) is 2. The van der Waals surface area contributed by atoms with Crippen LogP contribution >= 0.6 is 11.3 Å². The number of aromatic nitrogens is 1. The van der Waals surface area contributed by atoms with Gasteiger partial charge in [-0.2, -0.15) is 0 Å². The average molecular weight is 390 g/mol. The van der Waals surface area contributed by atoms with Gasteiger partial charge in [0.25, 0.3) is 0 Å². The van der Waals surface area contributed by atoms with Crippen molar-refractivity contribution in [2.75, 3.05) is 27.3 Å². The van der Waals surface area contributed by atoms with Gasteiger partial charge in [-0.25, -0.2) is 4.98 Å². The van der Waals surface area contributed by atoms with E-state index in [4.69, 9.17) is 15.2 Å². The summed E-state index contributed by atoms with van der Waals surface area (Å²) in [5.41, 5.74) is 7.78. The van der Waals surface area contributed by atoms with Gasteiger partial charge in [-0.3, -0.25) is 4.79 Å². The first-order valence-corrected chi connectivity index (χ1v) is 10.1. The van der Waals surface area contributed by atoms with Crippen LogP contribution in [0.3, 0.4) is 0 Å². The largest absolute Gasteiger partial charge is 0.493 e. The molecule has 6 nitrogen and oxygen atoms in total. The van der Waals surface area contributed by atoms with Crippen molar-refractivity contribution >= 4 is 17.2 Å². The Morgan fingerprint density at radius 1 is 1.37 bits per heavy atom. The molecule has 3 rings (SSSR count). The lowest BCUT2D eigenvalue weighted by Crippen LogP contribution is -2.45. The summed E-state index contributed by atoms with van der Waals surface area (Å²) in [6.07, 6.45) is 2.45. The van der Waals surface area contributed by atoms with E-state index in [0.29, 0.717) is 23.8 Å². The molecule has 0 saturated carbocycles. The van der Waals surface area contributed by atoms with Crippen LogP contribution in [-0.4, -0.2) is 49.1 Å². The molecular formula is C20H27N3O3S. The lowest BCUT2D eigenvalue weighted by atomic mass is 9.92. The Morgan fingerprint density at radius 3 is 2.85 bits per heavy atom. The zero-order valence-corrected chi connectivity index (χ0v) is 16.9. The van der Waals surface area contributed by atoms with Crippen LogP contribution < -0.4 is 15.2 Å². The molecule has 2 aromatic rings. The fourth-order valence-corrected chi connectivity index (χ4v) is 4.24. The van der Waals surface area contributed by atoms with Gasteiger partial charge in [0.1, 0.15) is 5.01 Å². The third-order valence-corrected chi connectivity index (χ3v) is 6.01. The van der Waals surface area contributed by atoms with E-state index in [1.165, 1.54) is 11.3 Å². The SMILES string of the molecule is COc1ccc(-c2nc(CC(=O)N3CCCC(C(C)N)C3)cs2)cc1OC. The number of likely N-dealkylation sites (tertiary alicyclic amines) is 1. The van der Waals surface area contributed by atoms with Crippen LogP contribution in [0.15, 0.2) is 23.6 Å². The number of hydrogen-bond acceptors (Lipinski definition) is 6. The molecule has 27 heavy (non-hydrogen) atoms. The molecule has 2 atom stereocenters. The number of amides is 1. The molecule has 0 radical (unpaired) electrons. The molecule has 1 aliphatic rings. The minimum absolute atomic E-state index is 0.122. The summed E-state index contributed by atoms with van der Waals surface area (Å²) in [6.45, 7) is 3.59. The van der Waals surface area contributed by atoms with Gasteiger partial charge in [0.05, 0.1) is 26.3 Å². The van der Waals surface area contributed by atoms with E-state index in [-0.39, 0.29) is 11.9 Å². The second-order valence-electron chi connectivity index (χ2n) is 6.99. The van der Waals surface area contributed by atoms with Crippen molar-refractivity contribution in [2.24, 2.45) is 11.7 Å². The number of benzene rings is 1. The average Bonchev–Trinajstić information content (AvgIpc) is 3.15. The van der Waals surface area contributed by atoms with Crippen LogP contribution in [0.2, 0.25) is 0 Å². The molecular weight excluding hydrogens is 362 g/mol. The number of thiazole rings is 1. The molecule has 1 amide bonds. The number of nitrogens with two attached hydrogens (primary N) is 1. The van der Waals surface area contributed by atoms with E-state index in [2.05, 4.69) is 4.98 Å². The topological polar surface area (TPSA) is 77.7 Å². The standard InChI is InChI=1S/C20H27N3O3S/c1-13(21)15-5-4-8-23(11-15)19(24)10-16-12-27-20(22-16)14-6-7-17(25-2)18(9-14)26-3/h6-7,9,12-13,15H,4-5,8,10-11,21H2,1-3H3. The minimum atomic E-state index is 0.122. The van der Waals surface area contributed by atoms with Crippen molar-refractivity contribution < 1.29 is 14.3 Å². The van der Waals surface area contributed by atoms with Crippen LogP contribution in [0.4, 0.5) is 0 Å². The minimum Gasteiger partial charge on any atom is -0.493 e. The molecule has 0 aliphatic carbocycles. The predicted molar refractivity (Wildman–Crippen MR) is 107 cm³/mol. The maximum atomic E-state index is 12.7. The Kier molecular flexibility index (Phi) is 6.34. The van der Waals surface area contributed by atoms with Gasteiger partial charge in [-0.15, -0.1) is 11.3 Å². The normalized spacial score (nSPS) is 18.2. The van der Waals surface area contributed by atoms with Gasteiger partial charge in [0.15, 0.2) is 11.5 Å². The van der Waals surface area contributed by atoms with Crippen molar-refractivity contribution in [3.63, 3.8) is 0 Å². The number of piperidine rings is 1. The molecule has 1 aromatic carbocycles. The highest BCUT2D eigenvalue weighted by Crippen LogP contribution is 2.33. The summed E-state index contributed by atoms with van der Waals surface area (Å²) < 4.78 is 10.6. The lowest BCUT2D eigenvalue weighted by Gasteiger charge is -2.34. The van der Waals surface area contributed by atoms with Crippen LogP contribution in [0.25, 0.3) is 10.6 Å².